The van der Waals surface area contributed by atoms with Gasteiger partial charge in [-0.15, -0.1) is 0 Å². The summed E-state index contributed by atoms with van der Waals surface area (Å²) in [5.41, 5.74) is 1.67. The molecule has 1 aliphatic heterocycles. The van der Waals surface area contributed by atoms with E-state index >= 15 is 0 Å². The molecule has 3 heterocycles. The van der Waals surface area contributed by atoms with E-state index in [9.17, 15) is 14.7 Å². The molecule has 8 nitrogen and oxygen atoms in total. The van der Waals surface area contributed by atoms with E-state index in [0.29, 0.717) is 22.8 Å². The average molecular weight is 481 g/mol. The molecule has 2 aromatic heterocycles. The number of carbonyl (C=O) groups excluding carboxylic acids is 2. The molecule has 0 spiro atoms. The van der Waals surface area contributed by atoms with Gasteiger partial charge in [0, 0.05) is 17.7 Å². The van der Waals surface area contributed by atoms with Crippen LogP contribution in [0.3, 0.4) is 0 Å². The van der Waals surface area contributed by atoms with Gasteiger partial charge in [-0.05, 0) is 48.2 Å². The first-order valence-corrected chi connectivity index (χ1v) is 11.5. The number of ether oxygens (including phenoxy) is 1. The highest BCUT2D eigenvalue weighted by molar-refractivity contribution is 6.53. The maximum absolute atomic E-state index is 14.0. The van der Waals surface area contributed by atoms with Crippen LogP contribution in [0.1, 0.15) is 31.0 Å². The van der Waals surface area contributed by atoms with E-state index in [1.165, 1.54) is 4.68 Å². The van der Waals surface area contributed by atoms with Crippen LogP contribution in [0.5, 0.6) is 11.6 Å². The van der Waals surface area contributed by atoms with Gasteiger partial charge in [0.1, 0.15) is 11.3 Å². The van der Waals surface area contributed by atoms with Gasteiger partial charge in [-0.2, -0.15) is 9.67 Å². The van der Waals surface area contributed by atoms with Crippen molar-refractivity contribution in [3.63, 3.8) is 0 Å². The number of imide groups is 1. The van der Waals surface area contributed by atoms with Crippen molar-refractivity contribution in [1.82, 2.24) is 9.78 Å². The number of para-hydroxylation sites is 1. The third-order valence-electron chi connectivity index (χ3n) is 6.03. The molecule has 2 amide bonds. The maximum atomic E-state index is 14.0. The molecule has 180 valence electrons. The Labute approximate surface area is 208 Å². The largest absolute Gasteiger partial charge is 0.858 e. The second kappa shape index (κ2) is 9.14. The summed E-state index contributed by atoms with van der Waals surface area (Å²) < 4.78 is 8.08. The molecule has 0 saturated carbocycles. The Morgan fingerprint density at radius 3 is 2.11 bits per heavy atom. The molecule has 0 radical (unpaired) electrons. The normalized spacial score (nSPS) is 13.7. The highest BCUT2D eigenvalue weighted by Gasteiger charge is 2.47. The molecule has 0 unspecified atom stereocenters. The Bertz CT molecular complexity index is 1470. The van der Waals surface area contributed by atoms with Gasteiger partial charge >= 0.3 is 5.91 Å². The molecule has 36 heavy (non-hydrogen) atoms. The van der Waals surface area contributed by atoms with Crippen LogP contribution < -0.4 is 19.3 Å². The van der Waals surface area contributed by atoms with Gasteiger partial charge in [0.15, 0.2) is 12.4 Å². The highest BCUT2D eigenvalue weighted by atomic mass is 16.5. The Morgan fingerprint density at radius 2 is 1.50 bits per heavy atom. The lowest BCUT2D eigenvalue weighted by molar-refractivity contribution is -0.576. The number of benzene rings is 2. The number of rotatable bonds is 6. The van der Waals surface area contributed by atoms with Crippen molar-refractivity contribution in [3.05, 3.63) is 96.4 Å². The first-order valence-electron chi connectivity index (χ1n) is 11.5. The van der Waals surface area contributed by atoms with Crippen molar-refractivity contribution in [1.29, 1.82) is 0 Å². The van der Waals surface area contributed by atoms with Crippen molar-refractivity contribution in [2.75, 3.05) is 12.0 Å². The van der Waals surface area contributed by atoms with E-state index in [1.807, 2.05) is 38.1 Å². The fourth-order valence-corrected chi connectivity index (χ4v) is 4.30. The summed E-state index contributed by atoms with van der Waals surface area (Å²) in [4.78, 5) is 28.8. The molecular formula is C28H24N4O4. The Hall–Kier alpha value is -4.72. The van der Waals surface area contributed by atoms with Crippen LogP contribution in [0.15, 0.2) is 85.2 Å². The topological polar surface area (TPSA) is 91.4 Å². The monoisotopic (exact) mass is 480 g/mol. The summed E-state index contributed by atoms with van der Waals surface area (Å²) in [6.07, 6.45) is 3.36. The first kappa shape index (κ1) is 23.0. The Balaban J connectivity index is 1.76. The number of nitrogens with zero attached hydrogens (tertiary/aromatic N) is 4. The average Bonchev–Trinajstić information content (AvgIpc) is 3.37. The lowest BCUT2D eigenvalue weighted by Gasteiger charge is -2.16. The number of carbonyl (C=O) groups is 2. The van der Waals surface area contributed by atoms with Gasteiger partial charge in [-0.3, -0.25) is 9.59 Å². The van der Waals surface area contributed by atoms with Crippen LogP contribution >= 0.6 is 0 Å². The second-order valence-electron chi connectivity index (χ2n) is 8.62. The number of anilines is 1. The summed E-state index contributed by atoms with van der Waals surface area (Å²) in [6, 6.07) is 21.0. The predicted octanol–water partition coefficient (Wildman–Crippen LogP) is 3.31. The second-order valence-corrected chi connectivity index (χ2v) is 8.62. The third-order valence-corrected chi connectivity index (χ3v) is 6.03. The minimum atomic E-state index is -0.580. The van der Waals surface area contributed by atoms with E-state index < -0.39 is 17.7 Å². The fraction of sp³-hybridized carbons (Fsp3) is 0.143. The van der Waals surface area contributed by atoms with Crippen molar-refractivity contribution < 1.29 is 24.0 Å². The van der Waals surface area contributed by atoms with Gasteiger partial charge in [0.2, 0.25) is 0 Å². The Morgan fingerprint density at radius 1 is 0.861 bits per heavy atom. The highest BCUT2D eigenvalue weighted by Crippen LogP contribution is 2.40. The molecule has 0 aliphatic carbocycles. The molecule has 2 aromatic carbocycles. The van der Waals surface area contributed by atoms with Gasteiger partial charge in [-0.1, -0.05) is 38.1 Å². The number of hydrogen-bond acceptors (Lipinski definition) is 5. The molecule has 0 fully saturated rings. The minimum Gasteiger partial charge on any atom is -0.858 e. The molecular weight excluding hydrogens is 456 g/mol. The zero-order valence-corrected chi connectivity index (χ0v) is 20.1. The van der Waals surface area contributed by atoms with Gasteiger partial charge in [0.25, 0.3) is 11.6 Å². The zero-order valence-electron chi connectivity index (χ0n) is 20.1. The van der Waals surface area contributed by atoms with Crippen LogP contribution in [-0.4, -0.2) is 28.7 Å². The van der Waals surface area contributed by atoms with Gasteiger partial charge < -0.3 is 9.84 Å². The molecule has 5 rings (SSSR count). The van der Waals surface area contributed by atoms with Crippen LogP contribution in [0.25, 0.3) is 17.0 Å². The van der Waals surface area contributed by atoms with Crippen LogP contribution in [0, 0.1) is 0 Å². The van der Waals surface area contributed by atoms with Crippen molar-refractivity contribution in [2.24, 2.45) is 0 Å². The maximum Gasteiger partial charge on any atom is 0.331 e. The molecule has 1 aliphatic rings. The van der Waals surface area contributed by atoms with Gasteiger partial charge in [0.05, 0.1) is 24.2 Å². The van der Waals surface area contributed by atoms with E-state index in [4.69, 9.17) is 4.74 Å². The smallest absolute Gasteiger partial charge is 0.331 e. The standard InChI is InChI=1S/C28H24N4O4/c1-18(2)24-22(27(34)32(29-24)20-10-6-4-7-11-20)23-25(30-16-8-5-9-17-30)28(35)31(26(23)33)19-12-14-21(36-3)15-13-19/h4-18H,1-3H3. The van der Waals surface area contributed by atoms with E-state index in [2.05, 4.69) is 5.10 Å². The lowest BCUT2D eigenvalue weighted by atomic mass is 9.98. The number of aromatic nitrogens is 3. The van der Waals surface area contributed by atoms with E-state index in [0.717, 1.165) is 4.90 Å². The first-order chi connectivity index (χ1) is 17.4. The molecule has 4 aromatic rings. The number of amides is 2. The lowest BCUT2D eigenvalue weighted by Crippen LogP contribution is -2.39. The number of methoxy groups -OCH3 is 1. The van der Waals surface area contributed by atoms with Crippen molar-refractivity contribution >= 4 is 28.8 Å². The predicted molar refractivity (Wildman–Crippen MR) is 132 cm³/mol. The van der Waals surface area contributed by atoms with Gasteiger partial charge in [-0.25, -0.2) is 9.58 Å². The van der Waals surface area contributed by atoms with Crippen molar-refractivity contribution in [2.45, 2.75) is 19.8 Å². The molecule has 0 atom stereocenters. The summed E-state index contributed by atoms with van der Waals surface area (Å²) in [5, 5.41) is 18.4. The van der Waals surface area contributed by atoms with Crippen LogP contribution in [0.4, 0.5) is 5.69 Å². The summed E-state index contributed by atoms with van der Waals surface area (Å²) >= 11 is 0. The van der Waals surface area contributed by atoms with E-state index in [-0.39, 0.29) is 22.8 Å². The van der Waals surface area contributed by atoms with Crippen LogP contribution in [0.2, 0.25) is 0 Å². The SMILES string of the molecule is COc1ccc(N2C(=O)C(c3c(C(C)C)nn(-c4ccccc4)c3[O-])=C([n+]3ccccc3)C2=O)cc1. The summed E-state index contributed by atoms with van der Waals surface area (Å²) in [6.45, 7) is 3.80. The zero-order chi connectivity index (χ0) is 25.4. The minimum absolute atomic E-state index is 0.0305. The Kier molecular flexibility index (Phi) is 5.85. The molecule has 0 N–H and O–H groups in total. The summed E-state index contributed by atoms with van der Waals surface area (Å²) in [5.74, 6) is -1.14. The quantitative estimate of drug-likeness (QED) is 0.312. The summed E-state index contributed by atoms with van der Waals surface area (Å²) in [7, 11) is 1.54. The van der Waals surface area contributed by atoms with Crippen molar-refractivity contribution in [3.8, 4) is 17.3 Å². The van der Waals surface area contributed by atoms with Crippen LogP contribution in [-0.2, 0) is 9.59 Å². The molecule has 0 saturated heterocycles. The molecule has 0 bridgehead atoms. The third kappa shape index (κ3) is 3.73. The molecule has 8 heteroatoms. The number of pyridine rings is 1. The van der Waals surface area contributed by atoms with E-state index in [1.54, 1.807) is 72.6 Å². The number of hydrogen-bond donors (Lipinski definition) is 0. The fourth-order valence-electron chi connectivity index (χ4n) is 4.30.